The third kappa shape index (κ3) is 6.18. The number of hydrogen-bond acceptors (Lipinski definition) is 5. The molecule has 0 saturated heterocycles. The van der Waals surface area contributed by atoms with Crippen molar-refractivity contribution in [1.29, 1.82) is 0 Å². The summed E-state index contributed by atoms with van der Waals surface area (Å²) in [4.78, 5) is 12.4. The van der Waals surface area contributed by atoms with Crippen LogP contribution < -0.4 is 19.5 Å². The number of nitrogens with one attached hydrogen (secondary N) is 1. The highest BCUT2D eigenvalue weighted by Gasteiger charge is 2.13. The molecule has 1 N–H and O–H groups in total. The van der Waals surface area contributed by atoms with E-state index in [0.29, 0.717) is 30.3 Å². The summed E-state index contributed by atoms with van der Waals surface area (Å²) in [6.07, 6.45) is 0. The van der Waals surface area contributed by atoms with Crippen LogP contribution in [-0.4, -0.2) is 39.4 Å². The van der Waals surface area contributed by atoms with Gasteiger partial charge >= 0.3 is 0 Å². The first-order valence-electron chi connectivity index (χ1n) is 8.89. The molecule has 2 rings (SSSR count). The van der Waals surface area contributed by atoms with Crippen LogP contribution in [0.3, 0.4) is 0 Å². The molecule has 2 aromatic rings. The van der Waals surface area contributed by atoms with Gasteiger partial charge < -0.3 is 24.3 Å². The van der Waals surface area contributed by atoms with Crippen molar-refractivity contribution in [2.75, 3.05) is 27.4 Å². The molecule has 1 atom stereocenters. The normalized spacial score (nSPS) is 11.6. The number of methoxy groups -OCH3 is 2. The minimum atomic E-state index is -0.162. The Bertz CT molecular complexity index is 747. The van der Waals surface area contributed by atoms with E-state index >= 15 is 0 Å². The third-order valence-electron chi connectivity index (χ3n) is 3.85. The quantitative estimate of drug-likeness (QED) is 0.691. The Balaban J connectivity index is 2.15. The van der Waals surface area contributed by atoms with Gasteiger partial charge in [-0.2, -0.15) is 0 Å². The van der Waals surface area contributed by atoms with E-state index in [1.165, 1.54) is 0 Å². The van der Waals surface area contributed by atoms with Crippen LogP contribution in [0.2, 0.25) is 0 Å². The summed E-state index contributed by atoms with van der Waals surface area (Å²) in [5, 5.41) is 2.90. The van der Waals surface area contributed by atoms with Crippen LogP contribution in [0.25, 0.3) is 0 Å². The van der Waals surface area contributed by atoms with E-state index in [9.17, 15) is 4.79 Å². The summed E-state index contributed by atoms with van der Waals surface area (Å²) in [5.74, 6) is 1.94. The fourth-order valence-electron chi connectivity index (χ4n) is 2.58. The first kappa shape index (κ1) is 20.6. The molecule has 146 valence electrons. The summed E-state index contributed by atoms with van der Waals surface area (Å²) >= 11 is 0. The predicted octanol–water partition coefficient (Wildman–Crippen LogP) is 3.44. The van der Waals surface area contributed by atoms with Gasteiger partial charge in [0, 0.05) is 30.3 Å². The highest BCUT2D eigenvalue weighted by molar-refractivity contribution is 5.94. The molecule has 0 unspecified atom stereocenters. The van der Waals surface area contributed by atoms with E-state index in [1.54, 1.807) is 32.4 Å². The topological polar surface area (TPSA) is 66.0 Å². The number of carbonyl (C=O) groups excluding carboxylic acids is 1. The number of carbonyl (C=O) groups is 1. The second kappa shape index (κ2) is 10.4. The highest BCUT2D eigenvalue weighted by atomic mass is 16.5. The van der Waals surface area contributed by atoms with Crippen molar-refractivity contribution < 1.29 is 23.7 Å². The van der Waals surface area contributed by atoms with Gasteiger partial charge in [-0.05, 0) is 44.2 Å². The largest absolute Gasteiger partial charge is 0.497 e. The maximum Gasteiger partial charge on any atom is 0.251 e. The molecule has 0 spiro atoms. The Kier molecular flexibility index (Phi) is 7.95. The minimum absolute atomic E-state index is 0.0782. The predicted molar refractivity (Wildman–Crippen MR) is 104 cm³/mol. The molecule has 0 radical (unpaired) electrons. The molecule has 0 aliphatic heterocycles. The highest BCUT2D eigenvalue weighted by Crippen LogP contribution is 2.24. The van der Waals surface area contributed by atoms with Gasteiger partial charge in [0.1, 0.15) is 23.9 Å². The molecule has 0 aliphatic rings. The molecule has 0 aliphatic carbocycles. The maximum atomic E-state index is 12.4. The van der Waals surface area contributed by atoms with E-state index in [-0.39, 0.29) is 18.6 Å². The smallest absolute Gasteiger partial charge is 0.251 e. The van der Waals surface area contributed by atoms with Crippen molar-refractivity contribution in [1.82, 2.24) is 5.32 Å². The molecule has 6 heteroatoms. The second-order valence-corrected chi connectivity index (χ2v) is 6.05. The van der Waals surface area contributed by atoms with E-state index < -0.39 is 0 Å². The van der Waals surface area contributed by atoms with Crippen LogP contribution in [0.1, 0.15) is 29.8 Å². The van der Waals surface area contributed by atoms with Crippen molar-refractivity contribution in [3.8, 4) is 17.2 Å². The number of hydrogen-bond donors (Lipinski definition) is 1. The molecule has 2 aromatic carbocycles. The lowest BCUT2D eigenvalue weighted by atomic mass is 10.1. The number of rotatable bonds is 10. The fourth-order valence-corrected chi connectivity index (χ4v) is 2.58. The van der Waals surface area contributed by atoms with Gasteiger partial charge in [-0.1, -0.05) is 6.07 Å². The van der Waals surface area contributed by atoms with Crippen LogP contribution in [0.5, 0.6) is 17.2 Å². The minimum Gasteiger partial charge on any atom is -0.497 e. The van der Waals surface area contributed by atoms with Crippen LogP contribution in [0, 0.1) is 0 Å². The van der Waals surface area contributed by atoms with E-state index in [1.807, 2.05) is 38.1 Å². The summed E-state index contributed by atoms with van der Waals surface area (Å²) in [6, 6.07) is 12.6. The summed E-state index contributed by atoms with van der Waals surface area (Å²) in [6.45, 7) is 5.07. The summed E-state index contributed by atoms with van der Waals surface area (Å²) in [5.41, 5.74) is 1.34. The summed E-state index contributed by atoms with van der Waals surface area (Å²) < 4.78 is 21.8. The number of benzene rings is 2. The molecule has 0 fully saturated rings. The molecule has 1 amide bonds. The molecule has 6 nitrogen and oxygen atoms in total. The van der Waals surface area contributed by atoms with E-state index in [0.717, 1.165) is 11.3 Å². The molecule has 0 saturated carbocycles. The lowest BCUT2D eigenvalue weighted by Crippen LogP contribution is -2.35. The molecule has 27 heavy (non-hydrogen) atoms. The standard InChI is InChI=1S/C21H27NO5/c1-5-26-20-10-9-16(21(23)22-15(2)13-24-3)11-17(20)14-27-19-8-6-7-18(12-19)25-4/h6-12,15H,5,13-14H2,1-4H3,(H,22,23)/t15-/m0/s1. The third-order valence-corrected chi connectivity index (χ3v) is 3.85. The van der Waals surface area contributed by atoms with Crippen molar-refractivity contribution in [3.05, 3.63) is 53.6 Å². The van der Waals surface area contributed by atoms with Gasteiger partial charge in [0.25, 0.3) is 5.91 Å². The second-order valence-electron chi connectivity index (χ2n) is 6.05. The Labute approximate surface area is 160 Å². The van der Waals surface area contributed by atoms with Crippen LogP contribution in [-0.2, 0) is 11.3 Å². The first-order chi connectivity index (χ1) is 13.1. The summed E-state index contributed by atoms with van der Waals surface area (Å²) in [7, 11) is 3.21. The zero-order valence-corrected chi connectivity index (χ0v) is 16.3. The van der Waals surface area contributed by atoms with Crippen LogP contribution in [0.4, 0.5) is 0 Å². The van der Waals surface area contributed by atoms with Gasteiger partial charge in [-0.3, -0.25) is 4.79 Å². The lowest BCUT2D eigenvalue weighted by molar-refractivity contribution is 0.0905. The molecule has 0 aromatic heterocycles. The zero-order valence-electron chi connectivity index (χ0n) is 16.3. The average molecular weight is 373 g/mol. The number of amides is 1. The average Bonchev–Trinajstić information content (AvgIpc) is 2.67. The lowest BCUT2D eigenvalue weighted by Gasteiger charge is -2.15. The van der Waals surface area contributed by atoms with Gasteiger partial charge in [-0.25, -0.2) is 0 Å². The maximum absolute atomic E-state index is 12.4. The molecular formula is C21H27NO5. The zero-order chi connectivity index (χ0) is 19.6. The van der Waals surface area contributed by atoms with Crippen molar-refractivity contribution in [3.63, 3.8) is 0 Å². The van der Waals surface area contributed by atoms with Crippen molar-refractivity contribution in [2.45, 2.75) is 26.5 Å². The molecular weight excluding hydrogens is 346 g/mol. The van der Waals surface area contributed by atoms with Crippen LogP contribution >= 0.6 is 0 Å². The van der Waals surface area contributed by atoms with E-state index in [4.69, 9.17) is 18.9 Å². The van der Waals surface area contributed by atoms with Gasteiger partial charge in [-0.15, -0.1) is 0 Å². The Morgan fingerprint density at radius 3 is 2.56 bits per heavy atom. The van der Waals surface area contributed by atoms with E-state index in [2.05, 4.69) is 5.32 Å². The SMILES string of the molecule is CCOc1ccc(C(=O)N[C@@H](C)COC)cc1COc1cccc(OC)c1. The van der Waals surface area contributed by atoms with Gasteiger partial charge in [0.05, 0.1) is 20.3 Å². The molecule has 0 bridgehead atoms. The Morgan fingerprint density at radius 2 is 1.85 bits per heavy atom. The van der Waals surface area contributed by atoms with Gasteiger partial charge in [0.2, 0.25) is 0 Å². The Morgan fingerprint density at radius 1 is 1.07 bits per heavy atom. The van der Waals surface area contributed by atoms with Gasteiger partial charge in [0.15, 0.2) is 0 Å². The van der Waals surface area contributed by atoms with Crippen molar-refractivity contribution >= 4 is 5.91 Å². The fraction of sp³-hybridized carbons (Fsp3) is 0.381. The number of ether oxygens (including phenoxy) is 4. The van der Waals surface area contributed by atoms with Crippen LogP contribution in [0.15, 0.2) is 42.5 Å². The monoisotopic (exact) mass is 373 g/mol. The molecule has 0 heterocycles. The van der Waals surface area contributed by atoms with Crippen molar-refractivity contribution in [2.24, 2.45) is 0 Å². The Hall–Kier alpha value is -2.73. The first-order valence-corrected chi connectivity index (χ1v) is 8.89.